The van der Waals surface area contributed by atoms with Crippen LogP contribution in [0.3, 0.4) is 0 Å². The lowest BCUT2D eigenvalue weighted by Crippen LogP contribution is -2.36. The normalized spacial score (nSPS) is 11.1. The second-order valence-electron chi connectivity index (χ2n) is 5.50. The molecule has 2 rings (SSSR count). The second kappa shape index (κ2) is 9.66. The van der Waals surface area contributed by atoms with E-state index in [1.165, 1.54) is 12.3 Å². The van der Waals surface area contributed by atoms with E-state index in [4.69, 9.17) is 23.2 Å². The Morgan fingerprint density at radius 3 is 2.63 bits per heavy atom. The third-order valence-electron chi connectivity index (χ3n) is 3.33. The van der Waals surface area contributed by atoms with Crippen molar-refractivity contribution in [3.05, 3.63) is 57.7 Å². The van der Waals surface area contributed by atoms with Gasteiger partial charge in [-0.3, -0.25) is 0 Å². The summed E-state index contributed by atoms with van der Waals surface area (Å²) in [6.07, 6.45) is -2.61. The summed E-state index contributed by atoms with van der Waals surface area (Å²) in [7, 11) is 0. The number of hydrogen-bond donors (Lipinski definition) is 2. The van der Waals surface area contributed by atoms with E-state index in [1.54, 1.807) is 24.3 Å². The first-order chi connectivity index (χ1) is 12.7. The van der Waals surface area contributed by atoms with Gasteiger partial charge in [0.2, 0.25) is 5.88 Å². The summed E-state index contributed by atoms with van der Waals surface area (Å²) in [5.74, 6) is -0.163. The maximum atomic E-state index is 12.1. The number of carbonyl (C=O) groups excluding carboxylic acids is 1. The molecule has 0 fully saturated rings. The van der Waals surface area contributed by atoms with Crippen molar-refractivity contribution >= 4 is 29.2 Å². The Hall–Kier alpha value is -2.19. The van der Waals surface area contributed by atoms with Crippen molar-refractivity contribution in [1.82, 2.24) is 15.6 Å². The summed E-state index contributed by atoms with van der Waals surface area (Å²) < 4.78 is 41.0. The third kappa shape index (κ3) is 7.92. The molecule has 0 radical (unpaired) electrons. The molecule has 0 unspecified atom stereocenters. The van der Waals surface area contributed by atoms with Crippen molar-refractivity contribution in [2.24, 2.45) is 0 Å². The fourth-order valence-electron chi connectivity index (χ4n) is 2.08. The maximum absolute atomic E-state index is 12.1. The zero-order chi connectivity index (χ0) is 19.9. The number of carbonyl (C=O) groups is 1. The minimum atomic E-state index is -4.44. The minimum absolute atomic E-state index is 0.110. The standard InChI is InChI=1S/C17H16Cl2F3N3O2/c18-13-2-1-12(14(19)8-13)4-6-24-16(26)25-9-11-3-5-23-15(7-11)27-10-17(20,21)22/h1-3,5,7-8H,4,6,9-10H2,(H2,24,25,26). The van der Waals surface area contributed by atoms with Gasteiger partial charge in [-0.1, -0.05) is 29.3 Å². The van der Waals surface area contributed by atoms with Gasteiger partial charge in [-0.15, -0.1) is 0 Å². The highest BCUT2D eigenvalue weighted by Crippen LogP contribution is 2.21. The lowest BCUT2D eigenvalue weighted by Gasteiger charge is -2.11. The van der Waals surface area contributed by atoms with Gasteiger partial charge in [0.05, 0.1) is 0 Å². The molecule has 0 aliphatic rings. The Morgan fingerprint density at radius 1 is 1.15 bits per heavy atom. The highest BCUT2D eigenvalue weighted by molar-refractivity contribution is 6.35. The molecular weight excluding hydrogens is 406 g/mol. The van der Waals surface area contributed by atoms with Gasteiger partial charge in [0, 0.05) is 35.4 Å². The average Bonchev–Trinajstić information content (AvgIpc) is 2.60. The van der Waals surface area contributed by atoms with E-state index in [0.717, 1.165) is 5.56 Å². The molecule has 10 heteroatoms. The number of ether oxygens (including phenoxy) is 1. The van der Waals surface area contributed by atoms with Crippen LogP contribution in [0.25, 0.3) is 0 Å². The number of pyridine rings is 1. The molecule has 0 bridgehead atoms. The van der Waals surface area contributed by atoms with Crippen LogP contribution in [0, 0.1) is 0 Å². The fourth-order valence-corrected chi connectivity index (χ4v) is 2.58. The van der Waals surface area contributed by atoms with E-state index < -0.39 is 18.8 Å². The van der Waals surface area contributed by atoms with Crippen LogP contribution >= 0.6 is 23.2 Å². The number of rotatable bonds is 7. The van der Waals surface area contributed by atoms with Gasteiger partial charge < -0.3 is 15.4 Å². The van der Waals surface area contributed by atoms with Crippen molar-refractivity contribution < 1.29 is 22.7 Å². The first kappa shape index (κ1) is 21.1. The molecule has 1 aromatic carbocycles. The average molecular weight is 422 g/mol. The lowest BCUT2D eigenvalue weighted by molar-refractivity contribution is -0.154. The SMILES string of the molecule is O=C(NCCc1ccc(Cl)cc1Cl)NCc1ccnc(OCC(F)(F)F)c1. The third-order valence-corrected chi connectivity index (χ3v) is 3.92. The van der Waals surface area contributed by atoms with E-state index in [1.807, 2.05) is 0 Å². The molecule has 1 aromatic heterocycles. The van der Waals surface area contributed by atoms with Crippen LogP contribution in [0.2, 0.25) is 10.0 Å². The Labute approximate surface area is 163 Å². The number of amides is 2. The maximum Gasteiger partial charge on any atom is 0.422 e. The Balaban J connectivity index is 1.75. The van der Waals surface area contributed by atoms with Gasteiger partial charge in [-0.2, -0.15) is 13.2 Å². The quantitative estimate of drug-likeness (QED) is 0.697. The molecule has 146 valence electrons. The summed E-state index contributed by atoms with van der Waals surface area (Å²) in [5.41, 5.74) is 1.40. The first-order valence-electron chi connectivity index (χ1n) is 7.83. The smallest absolute Gasteiger partial charge is 0.422 e. The van der Waals surface area contributed by atoms with Crippen LogP contribution in [0.5, 0.6) is 5.88 Å². The van der Waals surface area contributed by atoms with E-state index in [-0.39, 0.29) is 12.4 Å². The molecule has 0 saturated heterocycles. The predicted octanol–water partition coefficient (Wildman–Crippen LogP) is 4.37. The number of urea groups is 1. The molecule has 27 heavy (non-hydrogen) atoms. The molecule has 5 nitrogen and oxygen atoms in total. The molecule has 0 spiro atoms. The van der Waals surface area contributed by atoms with Gasteiger partial charge in [-0.05, 0) is 35.7 Å². The van der Waals surface area contributed by atoms with Crippen molar-refractivity contribution in [3.63, 3.8) is 0 Å². The number of halogens is 5. The van der Waals surface area contributed by atoms with Gasteiger partial charge in [0.1, 0.15) is 0 Å². The van der Waals surface area contributed by atoms with Crippen LogP contribution in [-0.4, -0.2) is 30.3 Å². The summed E-state index contributed by atoms with van der Waals surface area (Å²) in [6, 6.07) is 7.59. The summed E-state index contributed by atoms with van der Waals surface area (Å²) >= 11 is 11.9. The molecule has 0 atom stereocenters. The van der Waals surface area contributed by atoms with Gasteiger partial charge >= 0.3 is 12.2 Å². The summed E-state index contributed by atoms with van der Waals surface area (Å²) in [5, 5.41) is 6.32. The van der Waals surface area contributed by atoms with Crippen molar-refractivity contribution in [1.29, 1.82) is 0 Å². The van der Waals surface area contributed by atoms with Crippen LogP contribution < -0.4 is 15.4 Å². The zero-order valence-electron chi connectivity index (χ0n) is 13.9. The monoisotopic (exact) mass is 421 g/mol. The molecule has 0 aliphatic carbocycles. The first-order valence-corrected chi connectivity index (χ1v) is 8.58. The molecule has 0 saturated carbocycles. The number of alkyl halides is 3. The number of nitrogens with zero attached hydrogens (tertiary/aromatic N) is 1. The molecular formula is C17H16Cl2F3N3O2. The Kier molecular flexibility index (Phi) is 7.55. The number of nitrogens with one attached hydrogen (secondary N) is 2. The molecule has 1 heterocycles. The molecule has 2 amide bonds. The number of aromatic nitrogens is 1. The Morgan fingerprint density at radius 2 is 1.93 bits per heavy atom. The van der Waals surface area contributed by atoms with Crippen LogP contribution in [-0.2, 0) is 13.0 Å². The molecule has 0 aliphatic heterocycles. The van der Waals surface area contributed by atoms with Gasteiger partial charge in [-0.25, -0.2) is 9.78 Å². The van der Waals surface area contributed by atoms with E-state index >= 15 is 0 Å². The highest BCUT2D eigenvalue weighted by atomic mass is 35.5. The van der Waals surface area contributed by atoms with Crippen LogP contribution in [0.1, 0.15) is 11.1 Å². The minimum Gasteiger partial charge on any atom is -0.468 e. The van der Waals surface area contributed by atoms with Crippen molar-refractivity contribution in [2.45, 2.75) is 19.1 Å². The lowest BCUT2D eigenvalue weighted by atomic mass is 10.1. The topological polar surface area (TPSA) is 63.2 Å². The summed E-state index contributed by atoms with van der Waals surface area (Å²) in [6.45, 7) is -0.966. The van der Waals surface area contributed by atoms with E-state index in [9.17, 15) is 18.0 Å². The second-order valence-corrected chi connectivity index (χ2v) is 6.35. The van der Waals surface area contributed by atoms with E-state index in [0.29, 0.717) is 28.6 Å². The number of hydrogen-bond acceptors (Lipinski definition) is 3. The molecule has 2 N–H and O–H groups in total. The van der Waals surface area contributed by atoms with Gasteiger partial charge in [0.15, 0.2) is 6.61 Å². The zero-order valence-corrected chi connectivity index (χ0v) is 15.5. The van der Waals surface area contributed by atoms with E-state index in [2.05, 4.69) is 20.4 Å². The Bertz CT molecular complexity index is 788. The fraction of sp³-hybridized carbons (Fsp3) is 0.294. The van der Waals surface area contributed by atoms with Crippen molar-refractivity contribution in [2.75, 3.05) is 13.2 Å². The van der Waals surface area contributed by atoms with Crippen LogP contribution in [0.4, 0.5) is 18.0 Å². The highest BCUT2D eigenvalue weighted by Gasteiger charge is 2.28. The van der Waals surface area contributed by atoms with Crippen LogP contribution in [0.15, 0.2) is 36.5 Å². The number of benzene rings is 1. The van der Waals surface area contributed by atoms with Crippen molar-refractivity contribution in [3.8, 4) is 5.88 Å². The summed E-state index contributed by atoms with van der Waals surface area (Å²) in [4.78, 5) is 15.5. The predicted molar refractivity (Wildman–Crippen MR) is 96.2 cm³/mol. The van der Waals surface area contributed by atoms with Gasteiger partial charge in [0.25, 0.3) is 0 Å². The molecule has 2 aromatic rings. The largest absolute Gasteiger partial charge is 0.468 e.